The van der Waals surface area contributed by atoms with Crippen LogP contribution < -0.4 is 5.73 Å². The summed E-state index contributed by atoms with van der Waals surface area (Å²) in [6.45, 7) is 1.79. The Balaban J connectivity index is 1.78. The van der Waals surface area contributed by atoms with Crippen molar-refractivity contribution in [3.05, 3.63) is 6.33 Å². The Bertz CT molecular complexity index is 864. The minimum atomic E-state index is -4.19. The smallest absolute Gasteiger partial charge is 0.386 e. The summed E-state index contributed by atoms with van der Waals surface area (Å²) in [5.74, 6) is 0.934. The van der Waals surface area contributed by atoms with Crippen LogP contribution in [0.3, 0.4) is 0 Å². The van der Waals surface area contributed by atoms with Crippen LogP contribution in [0.1, 0.15) is 13.2 Å². The molecule has 2 saturated heterocycles. The van der Waals surface area contributed by atoms with E-state index < -0.39 is 32.4 Å². The highest BCUT2D eigenvalue weighted by atomic mass is 32.2. The van der Waals surface area contributed by atoms with E-state index >= 15 is 0 Å². The van der Waals surface area contributed by atoms with E-state index in [1.165, 1.54) is 18.1 Å². The van der Waals surface area contributed by atoms with E-state index in [2.05, 4.69) is 15.0 Å². The number of anilines is 1. The van der Waals surface area contributed by atoms with E-state index in [4.69, 9.17) is 19.5 Å². The Morgan fingerprint density at radius 2 is 2.32 bits per heavy atom. The number of rotatable bonds is 3. The standard InChI is InChI=1S/C12H16N5O6PS/c1-2-25-12-16-6-9(13)14-4-15-10(6)17(12)11-7(18)8-5(22-11)3-21-24(19,20)23-8/h4-5,7-8,11,18H,2-3H2,1H3,(H,19,20)(H2,13,14,15)/t5-,7-,8-,11-/m1/s1. The summed E-state index contributed by atoms with van der Waals surface area (Å²) >= 11 is 1.42. The highest BCUT2D eigenvalue weighted by molar-refractivity contribution is 7.99. The molecule has 1 unspecified atom stereocenters. The van der Waals surface area contributed by atoms with Gasteiger partial charge in [0.25, 0.3) is 0 Å². The lowest BCUT2D eigenvalue weighted by molar-refractivity contribution is -0.0684. The van der Waals surface area contributed by atoms with Crippen LogP contribution in [0.5, 0.6) is 0 Å². The first kappa shape index (κ1) is 17.2. The van der Waals surface area contributed by atoms with Gasteiger partial charge in [0.05, 0.1) is 6.61 Å². The maximum absolute atomic E-state index is 11.6. The third-order valence-corrected chi connectivity index (χ3v) is 5.79. The molecule has 136 valence electrons. The second-order valence-electron chi connectivity index (χ2n) is 5.52. The normalized spacial score (nSPS) is 35.2. The van der Waals surface area contributed by atoms with Crippen LogP contribution in [0.4, 0.5) is 5.82 Å². The van der Waals surface area contributed by atoms with Gasteiger partial charge in [-0.2, -0.15) is 0 Å². The van der Waals surface area contributed by atoms with E-state index in [-0.39, 0.29) is 12.4 Å². The summed E-state index contributed by atoms with van der Waals surface area (Å²) in [7, 11) is -4.19. The van der Waals surface area contributed by atoms with Crippen LogP contribution in [0.2, 0.25) is 0 Å². The van der Waals surface area contributed by atoms with Crippen molar-refractivity contribution in [1.82, 2.24) is 19.5 Å². The average Bonchev–Trinajstić information content (AvgIpc) is 3.06. The zero-order valence-electron chi connectivity index (χ0n) is 13.1. The lowest BCUT2D eigenvalue weighted by atomic mass is 10.1. The Morgan fingerprint density at radius 1 is 1.52 bits per heavy atom. The van der Waals surface area contributed by atoms with Crippen LogP contribution in [0, 0.1) is 0 Å². The van der Waals surface area contributed by atoms with Crippen LogP contribution in [0.15, 0.2) is 11.5 Å². The molecule has 2 aromatic heterocycles. The van der Waals surface area contributed by atoms with Gasteiger partial charge in [0.1, 0.15) is 24.6 Å². The molecule has 0 aliphatic carbocycles. The zero-order valence-corrected chi connectivity index (χ0v) is 14.8. The summed E-state index contributed by atoms with van der Waals surface area (Å²) in [5.41, 5.74) is 6.67. The van der Waals surface area contributed by atoms with Gasteiger partial charge in [-0.25, -0.2) is 19.5 Å². The number of fused-ring (bicyclic) bond motifs is 2. The maximum atomic E-state index is 11.6. The number of hydrogen-bond acceptors (Lipinski definition) is 10. The van der Waals surface area contributed by atoms with Gasteiger partial charge in [0.15, 0.2) is 28.4 Å². The lowest BCUT2D eigenvalue weighted by Gasteiger charge is -2.27. The predicted molar refractivity (Wildman–Crippen MR) is 86.7 cm³/mol. The molecular weight excluding hydrogens is 373 g/mol. The Morgan fingerprint density at radius 3 is 3.08 bits per heavy atom. The van der Waals surface area contributed by atoms with Crippen molar-refractivity contribution < 1.29 is 28.3 Å². The molecule has 0 saturated carbocycles. The van der Waals surface area contributed by atoms with Gasteiger partial charge in [-0.05, 0) is 5.75 Å². The van der Waals surface area contributed by atoms with E-state index in [0.717, 1.165) is 5.75 Å². The minimum absolute atomic E-state index is 0.161. The first-order valence-corrected chi connectivity index (χ1v) is 10.00. The number of phosphoric acid groups is 1. The van der Waals surface area contributed by atoms with Crippen LogP contribution in [-0.4, -0.2) is 60.2 Å². The van der Waals surface area contributed by atoms with Crippen molar-refractivity contribution in [2.24, 2.45) is 0 Å². The third kappa shape index (κ3) is 2.83. The molecule has 4 rings (SSSR count). The fraction of sp³-hybridized carbons (Fsp3) is 0.583. The van der Waals surface area contributed by atoms with Crippen molar-refractivity contribution in [2.75, 3.05) is 18.1 Å². The first-order valence-electron chi connectivity index (χ1n) is 7.51. The van der Waals surface area contributed by atoms with Gasteiger partial charge in [0, 0.05) is 0 Å². The molecular formula is C12H16N5O6PS. The fourth-order valence-electron chi connectivity index (χ4n) is 2.92. The molecule has 5 atom stereocenters. The van der Waals surface area contributed by atoms with Gasteiger partial charge in [-0.3, -0.25) is 13.6 Å². The highest BCUT2D eigenvalue weighted by Gasteiger charge is 2.53. The molecule has 0 bridgehead atoms. The van der Waals surface area contributed by atoms with Gasteiger partial charge in [-0.15, -0.1) is 0 Å². The number of hydrogen-bond donors (Lipinski definition) is 3. The Hall–Kier alpha value is -1.27. The predicted octanol–water partition coefficient (Wildman–Crippen LogP) is 0.295. The van der Waals surface area contributed by atoms with E-state index in [0.29, 0.717) is 16.3 Å². The van der Waals surface area contributed by atoms with Gasteiger partial charge < -0.3 is 20.5 Å². The number of phosphoric ester groups is 1. The summed E-state index contributed by atoms with van der Waals surface area (Å²) in [4.78, 5) is 22.0. The Labute approximate surface area is 146 Å². The molecule has 11 nitrogen and oxygen atoms in total. The molecule has 2 fully saturated rings. The number of aliphatic hydroxyl groups excluding tert-OH is 1. The van der Waals surface area contributed by atoms with Crippen molar-refractivity contribution in [2.45, 2.75) is 36.6 Å². The number of nitrogens with zero attached hydrogens (tertiary/aromatic N) is 4. The van der Waals surface area contributed by atoms with E-state index in [9.17, 15) is 14.6 Å². The van der Waals surface area contributed by atoms with Crippen molar-refractivity contribution in [3.63, 3.8) is 0 Å². The number of nitrogens with two attached hydrogens (primary N) is 1. The van der Waals surface area contributed by atoms with Gasteiger partial charge in [-0.1, -0.05) is 18.7 Å². The third-order valence-electron chi connectivity index (χ3n) is 3.97. The average molecular weight is 389 g/mol. The topological polar surface area (TPSA) is 155 Å². The van der Waals surface area contributed by atoms with Crippen molar-refractivity contribution in [3.8, 4) is 0 Å². The zero-order chi connectivity index (χ0) is 17.8. The second-order valence-corrected chi connectivity index (χ2v) is 8.16. The van der Waals surface area contributed by atoms with Crippen molar-refractivity contribution >= 4 is 36.6 Å². The van der Waals surface area contributed by atoms with E-state index in [1.807, 2.05) is 6.92 Å². The van der Waals surface area contributed by atoms with Crippen LogP contribution in [0.25, 0.3) is 11.2 Å². The molecule has 2 aliphatic heterocycles. The number of aromatic nitrogens is 4. The SMILES string of the molecule is CCSc1nc2c(N)ncnc2n1[C@@H]1O[C@@H]2COP(=O)(O)O[C@H]2[C@H]1O. The highest BCUT2D eigenvalue weighted by Crippen LogP contribution is 2.52. The number of thioether (sulfide) groups is 1. The molecule has 4 N–H and O–H groups in total. The molecule has 0 radical (unpaired) electrons. The minimum Gasteiger partial charge on any atom is -0.386 e. The number of ether oxygens (including phenoxy) is 1. The molecule has 0 aromatic carbocycles. The van der Waals surface area contributed by atoms with Crippen molar-refractivity contribution in [1.29, 1.82) is 0 Å². The molecule has 0 amide bonds. The summed E-state index contributed by atoms with van der Waals surface area (Å²) in [5, 5.41) is 11.2. The largest absolute Gasteiger partial charge is 0.472 e. The second kappa shape index (κ2) is 6.16. The first-order chi connectivity index (χ1) is 11.9. The molecule has 0 spiro atoms. The van der Waals surface area contributed by atoms with Crippen LogP contribution >= 0.6 is 19.6 Å². The summed E-state index contributed by atoms with van der Waals surface area (Å²) in [6.07, 6.45) is -2.51. The molecule has 25 heavy (non-hydrogen) atoms. The summed E-state index contributed by atoms with van der Waals surface area (Å²) < 4.78 is 28.8. The summed E-state index contributed by atoms with van der Waals surface area (Å²) in [6, 6.07) is 0. The van der Waals surface area contributed by atoms with Gasteiger partial charge >= 0.3 is 7.82 Å². The quantitative estimate of drug-likeness (QED) is 0.490. The lowest BCUT2D eigenvalue weighted by Crippen LogP contribution is -2.39. The molecule has 2 aromatic rings. The Kier molecular flexibility index (Phi) is 4.23. The number of imidazole rings is 1. The molecule has 4 heterocycles. The van der Waals surface area contributed by atoms with E-state index in [1.54, 1.807) is 4.57 Å². The number of nitrogen functional groups attached to an aromatic ring is 1. The fourth-order valence-corrected chi connectivity index (χ4v) is 4.62. The van der Waals surface area contributed by atoms with Crippen LogP contribution in [-0.2, 0) is 18.3 Å². The van der Waals surface area contributed by atoms with Gasteiger partial charge in [0.2, 0.25) is 0 Å². The molecule has 2 aliphatic rings. The molecule has 13 heteroatoms. The maximum Gasteiger partial charge on any atom is 0.472 e. The monoisotopic (exact) mass is 389 g/mol. The number of aliphatic hydroxyl groups is 1.